The van der Waals surface area contributed by atoms with Gasteiger partial charge in [-0.05, 0) is 62.6 Å². The van der Waals surface area contributed by atoms with Crippen LogP contribution in [-0.2, 0) is 10.4 Å². The largest absolute Gasteiger partial charge is 0.508 e. The molecule has 0 spiro atoms. The van der Waals surface area contributed by atoms with Gasteiger partial charge in [0.2, 0.25) is 0 Å². The number of phenols is 1. The van der Waals surface area contributed by atoms with Crippen LogP contribution in [0, 0.1) is 0 Å². The first-order valence-electron chi connectivity index (χ1n) is 7.91. The lowest BCUT2D eigenvalue weighted by molar-refractivity contribution is 0.388. The summed E-state index contributed by atoms with van der Waals surface area (Å²) in [6, 6.07) is 18.1. The van der Waals surface area contributed by atoms with Crippen LogP contribution in [0.3, 0.4) is 0 Å². The zero-order chi connectivity index (χ0) is 18.1. The van der Waals surface area contributed by atoms with Crippen LogP contribution < -0.4 is 4.18 Å². The molecule has 0 aliphatic rings. The SMILES string of the molecule is O=S(=O)(O)Oc1ccc2c3ccc(O)cc3c3cccc4ccc1c2c43. The van der Waals surface area contributed by atoms with Crippen molar-refractivity contribution in [2.75, 3.05) is 0 Å². The second-order valence-corrected chi connectivity index (χ2v) is 7.27. The molecule has 5 aromatic rings. The number of fused-ring (bicyclic) bond motifs is 3. The molecule has 128 valence electrons. The summed E-state index contributed by atoms with van der Waals surface area (Å²) >= 11 is 0. The molecule has 5 aromatic carbocycles. The van der Waals surface area contributed by atoms with E-state index in [0.717, 1.165) is 37.7 Å². The van der Waals surface area contributed by atoms with Gasteiger partial charge >= 0.3 is 10.4 Å². The van der Waals surface area contributed by atoms with Crippen molar-refractivity contribution in [1.82, 2.24) is 0 Å². The second kappa shape index (κ2) is 4.97. The van der Waals surface area contributed by atoms with Gasteiger partial charge in [-0.2, -0.15) is 8.42 Å². The van der Waals surface area contributed by atoms with E-state index >= 15 is 0 Å². The molecule has 0 saturated carbocycles. The zero-order valence-electron chi connectivity index (χ0n) is 13.3. The molecule has 0 atom stereocenters. The van der Waals surface area contributed by atoms with E-state index in [1.54, 1.807) is 24.3 Å². The van der Waals surface area contributed by atoms with Crippen LogP contribution in [0.5, 0.6) is 11.5 Å². The van der Waals surface area contributed by atoms with Crippen molar-refractivity contribution >= 4 is 53.5 Å². The zero-order valence-corrected chi connectivity index (χ0v) is 14.1. The van der Waals surface area contributed by atoms with Crippen LogP contribution in [0.1, 0.15) is 0 Å². The minimum atomic E-state index is -4.63. The van der Waals surface area contributed by atoms with Crippen LogP contribution in [0.25, 0.3) is 43.1 Å². The van der Waals surface area contributed by atoms with E-state index in [9.17, 15) is 13.5 Å². The van der Waals surface area contributed by atoms with Crippen molar-refractivity contribution in [2.45, 2.75) is 0 Å². The molecule has 2 N–H and O–H groups in total. The maximum atomic E-state index is 11.2. The second-order valence-electron chi connectivity index (χ2n) is 6.24. The lowest BCUT2D eigenvalue weighted by Gasteiger charge is -2.16. The normalized spacial score (nSPS) is 12.5. The standard InChI is InChI=1S/C20H12O5S/c21-12-5-7-13-15-8-9-18(25-26(22,23)24)16-6-4-11-2-1-3-14(17(13)10-12)19(11)20(15)16/h1-10,21H,(H,22,23,24). The van der Waals surface area contributed by atoms with Gasteiger partial charge in [-0.1, -0.05) is 30.3 Å². The summed E-state index contributed by atoms with van der Waals surface area (Å²) in [6.07, 6.45) is 0. The van der Waals surface area contributed by atoms with Gasteiger partial charge in [0.25, 0.3) is 0 Å². The van der Waals surface area contributed by atoms with Crippen molar-refractivity contribution < 1.29 is 22.3 Å². The highest BCUT2D eigenvalue weighted by Crippen LogP contribution is 2.44. The van der Waals surface area contributed by atoms with E-state index < -0.39 is 10.4 Å². The van der Waals surface area contributed by atoms with Gasteiger partial charge in [0, 0.05) is 10.8 Å². The lowest BCUT2D eigenvalue weighted by atomic mass is 9.89. The maximum Gasteiger partial charge on any atom is 0.446 e. The minimum absolute atomic E-state index is 0.0742. The van der Waals surface area contributed by atoms with E-state index in [4.69, 9.17) is 8.74 Å². The summed E-state index contributed by atoms with van der Waals surface area (Å²) in [5.74, 6) is 0.257. The molecule has 0 heterocycles. The quantitative estimate of drug-likeness (QED) is 0.271. The predicted octanol–water partition coefficient (Wildman–Crippen LogP) is 4.62. The monoisotopic (exact) mass is 364 g/mol. The Hall–Kier alpha value is -3.09. The van der Waals surface area contributed by atoms with Crippen LogP contribution in [0.2, 0.25) is 0 Å². The van der Waals surface area contributed by atoms with Crippen molar-refractivity contribution in [3.8, 4) is 11.5 Å². The molecule has 0 aromatic heterocycles. The molecule has 5 rings (SSSR count). The number of benzene rings is 5. The molecule has 6 heteroatoms. The Morgan fingerprint density at radius 2 is 1.46 bits per heavy atom. The topological polar surface area (TPSA) is 83.8 Å². The number of hydrogen-bond donors (Lipinski definition) is 2. The highest BCUT2D eigenvalue weighted by molar-refractivity contribution is 7.81. The van der Waals surface area contributed by atoms with Gasteiger partial charge in [-0.3, -0.25) is 4.55 Å². The Morgan fingerprint density at radius 1 is 0.731 bits per heavy atom. The van der Waals surface area contributed by atoms with Gasteiger partial charge in [0.15, 0.2) is 5.75 Å². The molecule has 26 heavy (non-hydrogen) atoms. The fourth-order valence-electron chi connectivity index (χ4n) is 3.82. The number of hydrogen-bond acceptors (Lipinski definition) is 4. The number of rotatable bonds is 2. The highest BCUT2D eigenvalue weighted by atomic mass is 32.3. The third kappa shape index (κ3) is 2.09. The molecule has 0 aliphatic heterocycles. The van der Waals surface area contributed by atoms with Gasteiger partial charge in [0.05, 0.1) is 0 Å². The first-order valence-corrected chi connectivity index (χ1v) is 9.28. The van der Waals surface area contributed by atoms with Crippen LogP contribution in [0.15, 0.2) is 60.7 Å². The summed E-state index contributed by atoms with van der Waals surface area (Å²) < 4.78 is 36.3. The fraction of sp³-hybridized carbons (Fsp3) is 0. The van der Waals surface area contributed by atoms with Crippen LogP contribution in [0.4, 0.5) is 0 Å². The summed E-state index contributed by atoms with van der Waals surface area (Å²) in [5, 5.41) is 17.1. The Balaban J connectivity index is 2.08. The molecule has 0 radical (unpaired) electrons. The first-order chi connectivity index (χ1) is 12.4. The Morgan fingerprint density at radius 3 is 2.27 bits per heavy atom. The molecular formula is C20H12O5S. The lowest BCUT2D eigenvalue weighted by Crippen LogP contribution is -2.07. The van der Waals surface area contributed by atoms with E-state index in [1.165, 1.54) is 6.07 Å². The van der Waals surface area contributed by atoms with Gasteiger partial charge in [0.1, 0.15) is 5.75 Å². The highest BCUT2D eigenvalue weighted by Gasteiger charge is 2.18. The third-order valence-corrected chi connectivity index (χ3v) is 5.15. The molecule has 0 fully saturated rings. The third-order valence-electron chi connectivity index (χ3n) is 4.76. The first kappa shape index (κ1) is 15.2. The van der Waals surface area contributed by atoms with Crippen LogP contribution in [-0.4, -0.2) is 18.1 Å². The molecule has 0 aliphatic carbocycles. The van der Waals surface area contributed by atoms with Crippen molar-refractivity contribution in [1.29, 1.82) is 0 Å². The molecular weight excluding hydrogens is 352 g/mol. The molecule has 0 amide bonds. The minimum Gasteiger partial charge on any atom is -0.508 e. The fourth-order valence-corrected chi connectivity index (χ4v) is 4.19. The van der Waals surface area contributed by atoms with E-state index in [0.29, 0.717) is 5.39 Å². The van der Waals surface area contributed by atoms with Gasteiger partial charge in [-0.25, -0.2) is 0 Å². The Labute approximate surface area is 148 Å². The van der Waals surface area contributed by atoms with Gasteiger partial charge < -0.3 is 9.29 Å². The summed E-state index contributed by atoms with van der Waals surface area (Å²) in [4.78, 5) is 0. The van der Waals surface area contributed by atoms with E-state index in [1.807, 2.05) is 30.3 Å². The van der Waals surface area contributed by atoms with Crippen LogP contribution >= 0.6 is 0 Å². The van der Waals surface area contributed by atoms with E-state index in [2.05, 4.69) is 0 Å². The van der Waals surface area contributed by atoms with E-state index in [-0.39, 0.29) is 11.5 Å². The average molecular weight is 364 g/mol. The summed E-state index contributed by atoms with van der Waals surface area (Å²) in [7, 11) is -4.63. The maximum absolute atomic E-state index is 11.2. The molecule has 0 saturated heterocycles. The molecule has 0 unspecified atom stereocenters. The Bertz CT molecular complexity index is 1440. The average Bonchev–Trinajstić information content (AvgIpc) is 2.60. The Kier molecular flexibility index (Phi) is 2.90. The van der Waals surface area contributed by atoms with Crippen molar-refractivity contribution in [2.24, 2.45) is 0 Å². The smallest absolute Gasteiger partial charge is 0.446 e. The summed E-state index contributed by atoms with van der Waals surface area (Å²) in [6.45, 7) is 0. The van der Waals surface area contributed by atoms with Crippen molar-refractivity contribution in [3.63, 3.8) is 0 Å². The molecule has 0 bridgehead atoms. The van der Waals surface area contributed by atoms with Gasteiger partial charge in [-0.15, -0.1) is 0 Å². The predicted molar refractivity (Wildman–Crippen MR) is 101 cm³/mol. The summed E-state index contributed by atoms with van der Waals surface area (Å²) in [5.41, 5.74) is 0. The number of aromatic hydroxyl groups is 1. The molecule has 5 nitrogen and oxygen atoms in total. The van der Waals surface area contributed by atoms with Crippen molar-refractivity contribution in [3.05, 3.63) is 60.7 Å². The number of phenolic OH excluding ortho intramolecular Hbond substituents is 1.